The summed E-state index contributed by atoms with van der Waals surface area (Å²) in [6, 6.07) is -0.822. The number of nitrogens with one attached hydrogen (secondary N) is 1. The maximum absolute atomic E-state index is 12.8. The van der Waals surface area contributed by atoms with Gasteiger partial charge in [-0.3, -0.25) is 4.79 Å². The van der Waals surface area contributed by atoms with E-state index in [0.29, 0.717) is 6.42 Å². The van der Waals surface area contributed by atoms with E-state index in [2.05, 4.69) is 43.5 Å². The van der Waals surface area contributed by atoms with E-state index in [1.54, 1.807) is 6.08 Å². The lowest BCUT2D eigenvalue weighted by molar-refractivity contribution is -0.302. The number of hydrogen-bond donors (Lipinski definition) is 6. The van der Waals surface area contributed by atoms with Crippen molar-refractivity contribution in [3.05, 3.63) is 36.5 Å². The van der Waals surface area contributed by atoms with Crippen molar-refractivity contribution in [2.24, 2.45) is 0 Å². The topological polar surface area (TPSA) is 149 Å². The lowest BCUT2D eigenvalue weighted by Crippen LogP contribution is -2.60. The predicted molar refractivity (Wildman–Crippen MR) is 230 cm³/mol. The van der Waals surface area contributed by atoms with Crippen LogP contribution in [0, 0.1) is 0 Å². The molecule has 1 fully saturated rings. The third-order valence-electron chi connectivity index (χ3n) is 10.9. The third-order valence-corrected chi connectivity index (χ3v) is 10.9. The second-order valence-corrected chi connectivity index (χ2v) is 16.2. The zero-order valence-corrected chi connectivity index (χ0v) is 35.9. The van der Waals surface area contributed by atoms with Gasteiger partial charge in [-0.25, -0.2) is 0 Å². The Balaban J connectivity index is 2.29. The van der Waals surface area contributed by atoms with Crippen LogP contribution in [0.3, 0.4) is 0 Å². The van der Waals surface area contributed by atoms with Crippen LogP contribution in [0.5, 0.6) is 0 Å². The fraction of sp³-hybridized carbons (Fsp3) is 0.851. The normalized spacial score (nSPS) is 21.4. The molecule has 7 atom stereocenters. The number of ether oxygens (including phenoxy) is 2. The third kappa shape index (κ3) is 27.9. The average Bonchev–Trinajstić information content (AvgIpc) is 3.20. The average molecular weight is 794 g/mol. The lowest BCUT2D eigenvalue weighted by Gasteiger charge is -2.40. The Labute approximate surface area is 342 Å². The molecule has 0 aromatic carbocycles. The maximum Gasteiger partial charge on any atom is 0.220 e. The molecule has 0 bridgehead atoms. The summed E-state index contributed by atoms with van der Waals surface area (Å²) in [5.41, 5.74) is 0. The Morgan fingerprint density at radius 3 is 1.50 bits per heavy atom. The summed E-state index contributed by atoms with van der Waals surface area (Å²) >= 11 is 0. The second-order valence-electron chi connectivity index (χ2n) is 16.2. The minimum absolute atomic E-state index is 0.197. The zero-order chi connectivity index (χ0) is 40.9. The van der Waals surface area contributed by atoms with Gasteiger partial charge in [0.25, 0.3) is 0 Å². The number of carbonyl (C=O) groups excluding carboxylic acids is 1. The quantitative estimate of drug-likeness (QED) is 0.0268. The van der Waals surface area contributed by atoms with Crippen LogP contribution in [0.25, 0.3) is 0 Å². The van der Waals surface area contributed by atoms with E-state index >= 15 is 0 Å². The largest absolute Gasteiger partial charge is 0.394 e. The van der Waals surface area contributed by atoms with E-state index < -0.39 is 49.5 Å². The molecule has 7 unspecified atom stereocenters. The fourth-order valence-electron chi connectivity index (χ4n) is 7.19. The smallest absolute Gasteiger partial charge is 0.220 e. The van der Waals surface area contributed by atoms with Gasteiger partial charge in [0.05, 0.1) is 25.4 Å². The summed E-state index contributed by atoms with van der Waals surface area (Å²) in [4.78, 5) is 12.8. The van der Waals surface area contributed by atoms with Crippen LogP contribution < -0.4 is 5.32 Å². The van der Waals surface area contributed by atoms with Crippen molar-refractivity contribution in [2.45, 2.75) is 243 Å². The minimum atomic E-state index is -1.57. The molecule has 1 aliphatic rings. The van der Waals surface area contributed by atoms with E-state index in [1.807, 2.05) is 6.08 Å². The minimum Gasteiger partial charge on any atom is -0.394 e. The molecule has 0 saturated carbocycles. The Morgan fingerprint density at radius 1 is 0.589 bits per heavy atom. The maximum atomic E-state index is 12.8. The molecular weight excluding hydrogens is 707 g/mol. The van der Waals surface area contributed by atoms with Gasteiger partial charge in [-0.2, -0.15) is 0 Å². The SMILES string of the molecule is CCCCCCCCCCCCCCCCC/C=C/CC/C=C/CC/C=C/C(O)C(COC1OC(CO)C(O)C(O)C1O)NC(=O)CCCCCCCCCC. The summed E-state index contributed by atoms with van der Waals surface area (Å²) in [5.74, 6) is -0.197. The molecule has 0 aliphatic carbocycles. The second kappa shape index (κ2) is 37.7. The Kier molecular flexibility index (Phi) is 35.3. The molecule has 1 saturated heterocycles. The molecule has 6 N–H and O–H groups in total. The summed E-state index contributed by atoms with van der Waals surface area (Å²) in [7, 11) is 0. The van der Waals surface area contributed by atoms with Gasteiger partial charge in [0, 0.05) is 6.42 Å². The molecule has 56 heavy (non-hydrogen) atoms. The van der Waals surface area contributed by atoms with Gasteiger partial charge in [-0.1, -0.05) is 185 Å². The highest BCUT2D eigenvalue weighted by Gasteiger charge is 2.44. The molecule has 0 radical (unpaired) electrons. The standard InChI is InChI=1S/C47H87NO8/c1-3-5-7-9-11-13-14-15-16-17-18-19-20-21-22-23-24-25-26-27-28-29-30-32-34-36-41(50)40(48-43(51)37-35-33-31-12-10-8-6-4-2)39-55-47-46(54)45(53)44(52)42(38-49)56-47/h24-25,28-29,34,36,40-42,44-47,49-50,52-54H,3-23,26-27,30-33,35,37-39H2,1-2H3,(H,48,51)/b25-24+,29-28+,36-34+. The van der Waals surface area contributed by atoms with Crippen molar-refractivity contribution in [3.8, 4) is 0 Å². The molecule has 328 valence electrons. The molecule has 1 amide bonds. The van der Waals surface area contributed by atoms with Crippen LogP contribution in [0.4, 0.5) is 0 Å². The molecule has 1 heterocycles. The number of amides is 1. The summed E-state index contributed by atoms with van der Waals surface area (Å²) < 4.78 is 11.2. The highest BCUT2D eigenvalue weighted by Crippen LogP contribution is 2.22. The molecule has 9 heteroatoms. The van der Waals surface area contributed by atoms with Gasteiger partial charge in [0.1, 0.15) is 24.4 Å². The molecular formula is C47H87NO8. The van der Waals surface area contributed by atoms with Crippen LogP contribution >= 0.6 is 0 Å². The predicted octanol–water partition coefficient (Wildman–Crippen LogP) is 9.67. The van der Waals surface area contributed by atoms with Gasteiger partial charge in [-0.15, -0.1) is 0 Å². The van der Waals surface area contributed by atoms with Crippen molar-refractivity contribution in [3.63, 3.8) is 0 Å². The van der Waals surface area contributed by atoms with Gasteiger partial charge in [-0.05, 0) is 44.9 Å². The fourth-order valence-corrected chi connectivity index (χ4v) is 7.19. The first-order valence-corrected chi connectivity index (χ1v) is 23.2. The first-order valence-electron chi connectivity index (χ1n) is 23.2. The number of allylic oxidation sites excluding steroid dienone is 5. The number of aliphatic hydroxyl groups excluding tert-OH is 5. The Morgan fingerprint density at radius 2 is 1.02 bits per heavy atom. The van der Waals surface area contributed by atoms with Gasteiger partial charge in [0.15, 0.2) is 6.29 Å². The molecule has 0 spiro atoms. The number of unbranched alkanes of at least 4 members (excludes halogenated alkanes) is 24. The van der Waals surface area contributed by atoms with Crippen LogP contribution in [0.15, 0.2) is 36.5 Å². The van der Waals surface area contributed by atoms with E-state index in [1.165, 1.54) is 135 Å². The van der Waals surface area contributed by atoms with E-state index in [0.717, 1.165) is 44.9 Å². The summed E-state index contributed by atoms with van der Waals surface area (Å²) in [6.07, 6.45) is 39.4. The van der Waals surface area contributed by atoms with Crippen molar-refractivity contribution >= 4 is 5.91 Å². The first-order chi connectivity index (χ1) is 27.3. The zero-order valence-electron chi connectivity index (χ0n) is 35.9. The number of aliphatic hydroxyl groups is 5. The highest BCUT2D eigenvalue weighted by atomic mass is 16.7. The molecule has 1 aliphatic heterocycles. The van der Waals surface area contributed by atoms with Crippen molar-refractivity contribution in [1.82, 2.24) is 5.32 Å². The molecule has 0 aromatic rings. The van der Waals surface area contributed by atoms with Gasteiger partial charge >= 0.3 is 0 Å². The van der Waals surface area contributed by atoms with E-state index in [9.17, 15) is 30.3 Å². The summed E-state index contributed by atoms with van der Waals surface area (Å²) in [5, 5.41) is 54.0. The number of hydrogen-bond acceptors (Lipinski definition) is 8. The number of carbonyl (C=O) groups is 1. The monoisotopic (exact) mass is 794 g/mol. The summed E-state index contributed by atoms with van der Waals surface area (Å²) in [6.45, 7) is 3.71. The first kappa shape index (κ1) is 52.4. The van der Waals surface area contributed by atoms with Crippen molar-refractivity contribution in [2.75, 3.05) is 13.2 Å². The van der Waals surface area contributed by atoms with Crippen LogP contribution in [-0.2, 0) is 14.3 Å². The highest BCUT2D eigenvalue weighted by molar-refractivity contribution is 5.76. The lowest BCUT2D eigenvalue weighted by atomic mass is 9.99. The van der Waals surface area contributed by atoms with Crippen molar-refractivity contribution in [1.29, 1.82) is 0 Å². The van der Waals surface area contributed by atoms with Crippen molar-refractivity contribution < 1.29 is 39.8 Å². The molecule has 9 nitrogen and oxygen atoms in total. The van der Waals surface area contributed by atoms with Crippen LogP contribution in [-0.4, -0.2) is 87.5 Å². The Bertz CT molecular complexity index is 972. The molecule has 1 rings (SSSR count). The van der Waals surface area contributed by atoms with Crippen LogP contribution in [0.2, 0.25) is 0 Å². The van der Waals surface area contributed by atoms with E-state index in [-0.39, 0.29) is 12.5 Å². The van der Waals surface area contributed by atoms with Gasteiger partial charge in [0.2, 0.25) is 5.91 Å². The van der Waals surface area contributed by atoms with Crippen LogP contribution in [0.1, 0.15) is 200 Å². The van der Waals surface area contributed by atoms with Gasteiger partial charge < -0.3 is 40.3 Å². The number of rotatable bonds is 38. The van der Waals surface area contributed by atoms with E-state index in [4.69, 9.17) is 9.47 Å². The Hall–Kier alpha value is -1.59. The molecule has 0 aromatic heterocycles.